The molecule has 0 fully saturated rings. The van der Waals surface area contributed by atoms with Gasteiger partial charge in [0.15, 0.2) is 11.5 Å². The minimum absolute atomic E-state index is 0.00850. The summed E-state index contributed by atoms with van der Waals surface area (Å²) in [6, 6.07) is 18.6. The minimum atomic E-state index is -0.398. The van der Waals surface area contributed by atoms with Crippen LogP contribution in [0.2, 0.25) is 5.02 Å². The third-order valence-corrected chi connectivity index (χ3v) is 6.11. The molecule has 0 radical (unpaired) electrons. The fraction of sp³-hybridized carbons (Fsp3) is 0.208. The van der Waals surface area contributed by atoms with E-state index in [-0.39, 0.29) is 6.61 Å². The summed E-state index contributed by atoms with van der Waals surface area (Å²) in [5.41, 5.74) is 3.88. The first-order valence-electron chi connectivity index (χ1n) is 9.66. The van der Waals surface area contributed by atoms with E-state index in [1.807, 2.05) is 12.1 Å². The van der Waals surface area contributed by atoms with Gasteiger partial charge in [-0.15, -0.1) is 0 Å². The number of methoxy groups -OCH3 is 1. The lowest BCUT2D eigenvalue weighted by Gasteiger charge is -2.31. The minimum Gasteiger partial charge on any atom is -0.493 e. The van der Waals surface area contributed by atoms with Crippen LogP contribution in [0, 0.1) is 5.82 Å². The van der Waals surface area contributed by atoms with Crippen molar-refractivity contribution in [2.75, 3.05) is 13.7 Å². The molecule has 3 aromatic rings. The van der Waals surface area contributed by atoms with Gasteiger partial charge in [-0.2, -0.15) is 0 Å². The molecule has 0 saturated heterocycles. The number of nitrogens with zero attached hydrogens (tertiary/aromatic N) is 1. The van der Waals surface area contributed by atoms with Crippen LogP contribution in [0.15, 0.2) is 60.7 Å². The van der Waals surface area contributed by atoms with Crippen molar-refractivity contribution in [1.82, 2.24) is 4.90 Å². The summed E-state index contributed by atoms with van der Waals surface area (Å²) < 4.78 is 25.3. The van der Waals surface area contributed by atoms with Gasteiger partial charge in [0, 0.05) is 24.2 Å². The zero-order chi connectivity index (χ0) is 21.1. The molecule has 0 bridgehead atoms. The normalized spacial score (nSPS) is 13.0. The second-order valence-corrected chi connectivity index (χ2v) is 7.89. The first-order chi connectivity index (χ1) is 14.6. The van der Waals surface area contributed by atoms with Gasteiger partial charge in [-0.25, -0.2) is 4.39 Å². The van der Waals surface area contributed by atoms with E-state index < -0.39 is 5.82 Å². The van der Waals surface area contributed by atoms with Gasteiger partial charge in [0.25, 0.3) is 0 Å². The molecule has 30 heavy (non-hydrogen) atoms. The van der Waals surface area contributed by atoms with E-state index in [1.165, 1.54) is 17.2 Å². The fourth-order valence-electron chi connectivity index (χ4n) is 3.59. The Bertz CT molecular complexity index is 1070. The van der Waals surface area contributed by atoms with Gasteiger partial charge in [0.2, 0.25) is 0 Å². The topological polar surface area (TPSA) is 21.7 Å². The van der Waals surface area contributed by atoms with Crippen molar-refractivity contribution in [3.63, 3.8) is 0 Å². The summed E-state index contributed by atoms with van der Waals surface area (Å²) in [4.78, 5) is 2.97. The Balaban J connectivity index is 1.50. The lowest BCUT2D eigenvalue weighted by molar-refractivity contribution is 0.279. The van der Waals surface area contributed by atoms with Crippen molar-refractivity contribution < 1.29 is 13.9 Å². The summed E-state index contributed by atoms with van der Waals surface area (Å²) >= 11 is 11.8. The van der Waals surface area contributed by atoms with Crippen molar-refractivity contribution in [1.29, 1.82) is 0 Å². The smallest absolute Gasteiger partial charge is 0.161 e. The van der Waals surface area contributed by atoms with Crippen molar-refractivity contribution in [3.05, 3.63) is 93.8 Å². The number of halogens is 2. The first-order valence-corrected chi connectivity index (χ1v) is 10.4. The van der Waals surface area contributed by atoms with E-state index in [2.05, 4.69) is 29.2 Å². The van der Waals surface area contributed by atoms with Gasteiger partial charge < -0.3 is 14.4 Å². The Morgan fingerprint density at radius 3 is 2.63 bits per heavy atom. The summed E-state index contributed by atoms with van der Waals surface area (Å²) in [5.74, 6) is 0.650. The van der Waals surface area contributed by atoms with Crippen molar-refractivity contribution in [2.24, 2.45) is 0 Å². The Morgan fingerprint density at radius 2 is 1.87 bits per heavy atom. The molecule has 0 aliphatic carbocycles. The largest absolute Gasteiger partial charge is 0.493 e. The maximum Gasteiger partial charge on any atom is 0.161 e. The summed E-state index contributed by atoms with van der Waals surface area (Å²) in [6.07, 6.45) is 0.970. The highest BCUT2D eigenvalue weighted by atomic mass is 35.5. The average molecular weight is 442 g/mol. The molecule has 154 valence electrons. The summed E-state index contributed by atoms with van der Waals surface area (Å²) in [7, 11) is 1.57. The molecule has 0 unspecified atom stereocenters. The van der Waals surface area contributed by atoms with Crippen LogP contribution >= 0.6 is 23.8 Å². The Hall–Kier alpha value is -2.63. The molecule has 1 aliphatic heterocycles. The third kappa shape index (κ3) is 4.27. The second kappa shape index (κ2) is 9.02. The number of thiocarbonyl (C=S) groups is 1. The molecule has 6 heteroatoms. The molecule has 1 heterocycles. The van der Waals surface area contributed by atoms with Crippen LogP contribution in [0.25, 0.3) is 0 Å². The maximum atomic E-state index is 14.0. The van der Waals surface area contributed by atoms with Crippen LogP contribution in [0.1, 0.15) is 22.3 Å². The summed E-state index contributed by atoms with van der Waals surface area (Å²) in [6.45, 7) is 1.68. The van der Waals surface area contributed by atoms with Gasteiger partial charge >= 0.3 is 0 Å². The molecule has 0 atom stereocenters. The molecular formula is C24H21ClFNO2S. The van der Waals surface area contributed by atoms with E-state index in [9.17, 15) is 4.39 Å². The van der Waals surface area contributed by atoms with Gasteiger partial charge in [-0.1, -0.05) is 54.2 Å². The number of ether oxygens (including phenoxy) is 2. The quantitative estimate of drug-likeness (QED) is 0.466. The maximum absolute atomic E-state index is 14.0. The number of fused-ring (bicyclic) bond motifs is 1. The standard InChI is InChI=1S/C24H21ClFNO2S/c1-28-23-13-17(24(30)27-12-11-16-5-2-3-6-18(16)14-27)9-10-22(23)29-15-19-20(25)7-4-8-21(19)26/h2-10,13H,11-12,14-15H2,1H3. The SMILES string of the molecule is COc1cc(C(=S)N2CCc3ccccc3C2)ccc1OCc1c(F)cccc1Cl. The number of hydrogen-bond acceptors (Lipinski definition) is 3. The molecule has 0 aromatic heterocycles. The molecule has 0 saturated carbocycles. The molecule has 4 rings (SSSR count). The Kier molecular flexibility index (Phi) is 6.21. The zero-order valence-electron chi connectivity index (χ0n) is 16.5. The van der Waals surface area contributed by atoms with Crippen LogP contribution in [0.4, 0.5) is 4.39 Å². The molecule has 0 N–H and O–H groups in total. The molecule has 3 aromatic carbocycles. The lowest BCUT2D eigenvalue weighted by atomic mass is 9.99. The number of rotatable bonds is 5. The zero-order valence-corrected chi connectivity index (χ0v) is 18.1. The van der Waals surface area contributed by atoms with Crippen molar-refractivity contribution >= 4 is 28.8 Å². The molecule has 0 spiro atoms. The van der Waals surface area contributed by atoms with E-state index in [4.69, 9.17) is 33.3 Å². The highest BCUT2D eigenvalue weighted by Crippen LogP contribution is 2.31. The van der Waals surface area contributed by atoms with E-state index >= 15 is 0 Å². The van der Waals surface area contributed by atoms with Gasteiger partial charge in [0.1, 0.15) is 17.4 Å². The number of hydrogen-bond donors (Lipinski definition) is 0. The van der Waals surface area contributed by atoms with Crippen LogP contribution in [-0.2, 0) is 19.6 Å². The predicted molar refractivity (Wildman–Crippen MR) is 121 cm³/mol. The third-order valence-electron chi connectivity index (χ3n) is 5.26. The van der Waals surface area contributed by atoms with Gasteiger partial charge in [-0.3, -0.25) is 0 Å². The van der Waals surface area contributed by atoms with Crippen LogP contribution in [0.5, 0.6) is 11.5 Å². The van der Waals surface area contributed by atoms with Gasteiger partial charge in [0.05, 0.1) is 12.1 Å². The van der Waals surface area contributed by atoms with E-state index in [0.717, 1.165) is 30.1 Å². The Labute approximate surface area is 186 Å². The monoisotopic (exact) mass is 441 g/mol. The average Bonchev–Trinajstić information content (AvgIpc) is 2.78. The number of benzene rings is 3. The van der Waals surface area contributed by atoms with E-state index in [0.29, 0.717) is 22.1 Å². The highest BCUT2D eigenvalue weighted by molar-refractivity contribution is 7.80. The molecule has 0 amide bonds. The Morgan fingerprint density at radius 1 is 1.07 bits per heavy atom. The van der Waals surface area contributed by atoms with Crippen molar-refractivity contribution in [2.45, 2.75) is 19.6 Å². The van der Waals surface area contributed by atoms with Gasteiger partial charge in [-0.05, 0) is 47.9 Å². The summed E-state index contributed by atoms with van der Waals surface area (Å²) in [5, 5.41) is 0.331. The van der Waals surface area contributed by atoms with Crippen LogP contribution in [-0.4, -0.2) is 23.5 Å². The van der Waals surface area contributed by atoms with Crippen molar-refractivity contribution in [3.8, 4) is 11.5 Å². The fourth-order valence-corrected chi connectivity index (χ4v) is 4.09. The molecular weight excluding hydrogens is 421 g/mol. The first kappa shape index (κ1) is 20.6. The van der Waals surface area contributed by atoms with Crippen LogP contribution < -0.4 is 9.47 Å². The van der Waals surface area contributed by atoms with Crippen LogP contribution in [0.3, 0.4) is 0 Å². The highest BCUT2D eigenvalue weighted by Gasteiger charge is 2.20. The second-order valence-electron chi connectivity index (χ2n) is 7.10. The molecule has 3 nitrogen and oxygen atoms in total. The lowest BCUT2D eigenvalue weighted by Crippen LogP contribution is -2.35. The molecule has 1 aliphatic rings. The predicted octanol–water partition coefficient (Wildman–Crippen LogP) is 5.80. The van der Waals surface area contributed by atoms with E-state index in [1.54, 1.807) is 25.3 Å².